The third kappa shape index (κ3) is 4.28. The Morgan fingerprint density at radius 2 is 1.94 bits per heavy atom. The summed E-state index contributed by atoms with van der Waals surface area (Å²) < 4.78 is 1.63. The molecule has 2 aromatic rings. The summed E-state index contributed by atoms with van der Waals surface area (Å²) in [5, 5.41) is 2.62. The van der Waals surface area contributed by atoms with E-state index in [-0.39, 0.29) is 29.0 Å². The van der Waals surface area contributed by atoms with Crippen molar-refractivity contribution in [3.63, 3.8) is 0 Å². The van der Waals surface area contributed by atoms with Gasteiger partial charge in [0.05, 0.1) is 6.04 Å². The van der Waals surface area contributed by atoms with Gasteiger partial charge in [0.25, 0.3) is 11.5 Å². The van der Waals surface area contributed by atoms with E-state index in [1.807, 2.05) is 48.5 Å². The standard InChI is InChI=1S/C24H30N4O3/c1-25-22(29)21-19-11-14-27(23(30)20-9-6-12-26(20)2)15-18(19)16-28(24(21)31)13-10-17-7-4-3-5-8-17/h3-5,7-8,16,20H,6,9-15H2,1-2H3,(H,25,29)/t20-/m0/s1. The van der Waals surface area contributed by atoms with Gasteiger partial charge in [0.1, 0.15) is 5.56 Å². The zero-order chi connectivity index (χ0) is 22.0. The van der Waals surface area contributed by atoms with E-state index < -0.39 is 0 Å². The number of nitrogens with one attached hydrogen (secondary N) is 1. The molecule has 0 radical (unpaired) electrons. The van der Waals surface area contributed by atoms with Gasteiger partial charge in [-0.3, -0.25) is 19.3 Å². The molecule has 2 aliphatic rings. The number of amides is 2. The summed E-state index contributed by atoms with van der Waals surface area (Å²) in [6.45, 7) is 2.40. The van der Waals surface area contributed by atoms with Crippen LogP contribution in [0.3, 0.4) is 0 Å². The van der Waals surface area contributed by atoms with Crippen molar-refractivity contribution in [2.45, 2.75) is 44.8 Å². The predicted octanol–water partition coefficient (Wildman–Crippen LogP) is 1.43. The lowest BCUT2D eigenvalue weighted by Crippen LogP contribution is -2.47. The van der Waals surface area contributed by atoms with Gasteiger partial charge in [-0.15, -0.1) is 0 Å². The van der Waals surface area contributed by atoms with Crippen molar-refractivity contribution in [2.24, 2.45) is 0 Å². The van der Waals surface area contributed by atoms with Crippen LogP contribution < -0.4 is 10.9 Å². The van der Waals surface area contributed by atoms with Crippen LogP contribution in [-0.4, -0.2) is 59.4 Å². The van der Waals surface area contributed by atoms with Crippen molar-refractivity contribution < 1.29 is 9.59 Å². The molecular weight excluding hydrogens is 392 g/mol. The number of aryl methyl sites for hydroxylation is 2. The van der Waals surface area contributed by atoms with Crippen LogP contribution in [0.15, 0.2) is 41.3 Å². The first kappa shape index (κ1) is 21.3. The Kier molecular flexibility index (Phi) is 6.23. The third-order valence-corrected chi connectivity index (χ3v) is 6.52. The molecule has 1 aromatic heterocycles. The van der Waals surface area contributed by atoms with Gasteiger partial charge in [-0.2, -0.15) is 0 Å². The molecular formula is C24H30N4O3. The first-order chi connectivity index (χ1) is 15.0. The molecule has 1 fully saturated rings. The normalized spacial score (nSPS) is 18.6. The molecule has 164 valence electrons. The van der Waals surface area contributed by atoms with Crippen molar-refractivity contribution in [1.82, 2.24) is 19.7 Å². The summed E-state index contributed by atoms with van der Waals surface area (Å²) in [4.78, 5) is 42.8. The number of likely N-dealkylation sites (tertiary alicyclic amines) is 1. The SMILES string of the molecule is CNC(=O)c1c2c(cn(CCc3ccccc3)c1=O)CN(C(=O)[C@@H]1CCCN1C)CC2. The molecule has 3 heterocycles. The highest BCUT2D eigenvalue weighted by Gasteiger charge is 2.34. The van der Waals surface area contributed by atoms with Gasteiger partial charge in [-0.25, -0.2) is 0 Å². The van der Waals surface area contributed by atoms with E-state index in [2.05, 4.69) is 10.2 Å². The van der Waals surface area contributed by atoms with Gasteiger partial charge in [-0.1, -0.05) is 30.3 Å². The fourth-order valence-corrected chi connectivity index (χ4v) is 4.75. The molecule has 31 heavy (non-hydrogen) atoms. The second kappa shape index (κ2) is 9.06. The largest absolute Gasteiger partial charge is 0.355 e. The van der Waals surface area contributed by atoms with Gasteiger partial charge in [-0.05, 0) is 56.0 Å². The molecule has 7 nitrogen and oxygen atoms in total. The average molecular weight is 423 g/mol. The van der Waals surface area contributed by atoms with Crippen molar-refractivity contribution in [3.8, 4) is 0 Å². The highest BCUT2D eigenvalue weighted by atomic mass is 16.2. The van der Waals surface area contributed by atoms with Gasteiger partial charge in [0.15, 0.2) is 0 Å². The van der Waals surface area contributed by atoms with Crippen molar-refractivity contribution in [3.05, 3.63) is 69.1 Å². The number of rotatable bonds is 5. The maximum atomic E-state index is 13.1. The van der Waals surface area contributed by atoms with Crippen LogP contribution in [0.1, 0.15) is 39.9 Å². The minimum atomic E-state index is -0.356. The Labute approximate surface area is 182 Å². The van der Waals surface area contributed by atoms with Crippen LogP contribution in [0.2, 0.25) is 0 Å². The van der Waals surface area contributed by atoms with E-state index in [0.29, 0.717) is 32.5 Å². The molecule has 1 atom stereocenters. The number of aromatic nitrogens is 1. The second-order valence-corrected chi connectivity index (χ2v) is 8.47. The number of hydrogen-bond acceptors (Lipinski definition) is 4. The van der Waals surface area contributed by atoms with E-state index in [1.165, 1.54) is 0 Å². The zero-order valence-electron chi connectivity index (χ0n) is 18.3. The lowest BCUT2D eigenvalue weighted by Gasteiger charge is -2.33. The summed E-state index contributed by atoms with van der Waals surface area (Å²) in [5.41, 5.74) is 2.77. The summed E-state index contributed by atoms with van der Waals surface area (Å²) in [7, 11) is 3.54. The molecule has 1 aromatic carbocycles. The maximum absolute atomic E-state index is 13.1. The van der Waals surface area contributed by atoms with Crippen LogP contribution in [0.25, 0.3) is 0 Å². The first-order valence-electron chi connectivity index (χ1n) is 11.0. The highest BCUT2D eigenvalue weighted by Crippen LogP contribution is 2.24. The fourth-order valence-electron chi connectivity index (χ4n) is 4.75. The molecule has 0 unspecified atom stereocenters. The number of pyridine rings is 1. The van der Waals surface area contributed by atoms with Crippen LogP contribution in [0.4, 0.5) is 0 Å². The third-order valence-electron chi connectivity index (χ3n) is 6.52. The summed E-state index contributed by atoms with van der Waals surface area (Å²) in [6, 6.07) is 9.91. The molecule has 2 amide bonds. The van der Waals surface area contributed by atoms with E-state index in [0.717, 1.165) is 36.1 Å². The molecule has 4 rings (SSSR count). The van der Waals surface area contributed by atoms with Gasteiger partial charge >= 0.3 is 0 Å². The fraction of sp³-hybridized carbons (Fsp3) is 0.458. The zero-order valence-corrected chi connectivity index (χ0v) is 18.3. The molecule has 1 N–H and O–H groups in total. The monoisotopic (exact) mass is 422 g/mol. The van der Waals surface area contributed by atoms with Gasteiger partial charge in [0.2, 0.25) is 5.91 Å². The smallest absolute Gasteiger partial charge is 0.263 e. The second-order valence-electron chi connectivity index (χ2n) is 8.47. The predicted molar refractivity (Wildman–Crippen MR) is 119 cm³/mol. The van der Waals surface area contributed by atoms with E-state index in [1.54, 1.807) is 11.6 Å². The number of carbonyl (C=O) groups excluding carboxylic acids is 2. The number of benzene rings is 1. The molecule has 0 spiro atoms. The maximum Gasteiger partial charge on any atom is 0.263 e. The molecule has 1 saturated heterocycles. The minimum Gasteiger partial charge on any atom is -0.355 e. The number of carbonyl (C=O) groups is 2. The Morgan fingerprint density at radius 1 is 1.16 bits per heavy atom. The lowest BCUT2D eigenvalue weighted by atomic mass is 9.95. The summed E-state index contributed by atoms with van der Waals surface area (Å²) in [6.07, 6.45) is 5.00. The van der Waals surface area contributed by atoms with Crippen LogP contribution >= 0.6 is 0 Å². The molecule has 7 heteroatoms. The Bertz CT molecular complexity index is 1030. The molecule has 0 saturated carbocycles. The summed E-state index contributed by atoms with van der Waals surface area (Å²) >= 11 is 0. The Balaban J connectivity index is 1.64. The summed E-state index contributed by atoms with van der Waals surface area (Å²) in [5.74, 6) is -0.209. The topological polar surface area (TPSA) is 74.6 Å². The van der Waals surface area contributed by atoms with Crippen LogP contribution in [0.5, 0.6) is 0 Å². The van der Waals surface area contributed by atoms with Gasteiger partial charge < -0.3 is 14.8 Å². The van der Waals surface area contributed by atoms with Gasteiger partial charge in [0, 0.05) is 32.9 Å². The quantitative estimate of drug-likeness (QED) is 0.791. The average Bonchev–Trinajstić information content (AvgIpc) is 3.23. The Morgan fingerprint density at radius 3 is 2.61 bits per heavy atom. The van der Waals surface area contributed by atoms with E-state index in [9.17, 15) is 14.4 Å². The van der Waals surface area contributed by atoms with Crippen LogP contribution in [0, 0.1) is 0 Å². The number of fused-ring (bicyclic) bond motifs is 1. The Hall–Kier alpha value is -2.93. The first-order valence-corrected chi connectivity index (χ1v) is 11.0. The lowest BCUT2D eigenvalue weighted by molar-refractivity contribution is -0.136. The molecule has 0 bridgehead atoms. The van der Waals surface area contributed by atoms with Crippen molar-refractivity contribution in [2.75, 3.05) is 27.2 Å². The number of likely N-dealkylation sites (N-methyl/N-ethyl adjacent to an activating group) is 1. The van der Waals surface area contributed by atoms with Crippen LogP contribution in [-0.2, 0) is 30.7 Å². The van der Waals surface area contributed by atoms with E-state index in [4.69, 9.17) is 0 Å². The molecule has 2 aliphatic heterocycles. The highest BCUT2D eigenvalue weighted by molar-refractivity contribution is 5.95. The van der Waals surface area contributed by atoms with E-state index >= 15 is 0 Å². The van der Waals surface area contributed by atoms with Crippen molar-refractivity contribution >= 4 is 11.8 Å². The van der Waals surface area contributed by atoms with Crippen molar-refractivity contribution in [1.29, 1.82) is 0 Å². The number of hydrogen-bond donors (Lipinski definition) is 1. The molecule has 0 aliphatic carbocycles. The number of nitrogens with zero attached hydrogens (tertiary/aromatic N) is 3. The minimum absolute atomic E-state index is 0.0658.